The van der Waals surface area contributed by atoms with Crippen molar-refractivity contribution in [2.24, 2.45) is 5.92 Å². The number of benzene rings is 1. The lowest BCUT2D eigenvalue weighted by Crippen LogP contribution is -2.41. The fourth-order valence-corrected chi connectivity index (χ4v) is 5.52. The summed E-state index contributed by atoms with van der Waals surface area (Å²) in [5.41, 5.74) is 0.462. The molecule has 2 aromatic heterocycles. The van der Waals surface area contributed by atoms with Gasteiger partial charge < -0.3 is 14.8 Å². The Morgan fingerprint density at radius 3 is 2.58 bits per heavy atom. The highest BCUT2D eigenvalue weighted by molar-refractivity contribution is 7.91. The highest BCUT2D eigenvalue weighted by atomic mass is 35.5. The van der Waals surface area contributed by atoms with Gasteiger partial charge in [0, 0.05) is 17.8 Å². The first-order valence-electron chi connectivity index (χ1n) is 13.1. The number of carbonyl (C=O) groups excluding carboxylic acids is 1. The van der Waals surface area contributed by atoms with Crippen LogP contribution in [-0.4, -0.2) is 58.3 Å². The predicted molar refractivity (Wildman–Crippen MR) is 148 cm³/mol. The maximum Gasteiger partial charge on any atom is 0.407 e. The van der Waals surface area contributed by atoms with E-state index in [0.717, 1.165) is 31.7 Å². The quantitative estimate of drug-likeness (QED) is 0.345. The van der Waals surface area contributed by atoms with Crippen molar-refractivity contribution in [1.29, 1.82) is 0 Å². The molecule has 216 valence electrons. The molecule has 1 saturated carbocycles. The number of alkyl carbamates (subject to hydrolysis) is 1. The van der Waals surface area contributed by atoms with Crippen LogP contribution >= 0.6 is 11.6 Å². The molecule has 3 aromatic rings. The molecule has 1 N–H and O–H groups in total. The summed E-state index contributed by atoms with van der Waals surface area (Å²) < 4.78 is 51.7. The Hall–Kier alpha value is -3.25. The molecule has 1 fully saturated rings. The lowest BCUT2D eigenvalue weighted by Gasteiger charge is -2.30. The molecule has 0 aliphatic heterocycles. The van der Waals surface area contributed by atoms with Crippen LogP contribution < -0.4 is 10.1 Å². The van der Waals surface area contributed by atoms with E-state index in [9.17, 15) is 17.6 Å². The molecule has 0 bridgehead atoms. The topological polar surface area (TPSA) is 125 Å². The van der Waals surface area contributed by atoms with Gasteiger partial charge in [-0.1, -0.05) is 18.5 Å². The number of nitrogens with one attached hydrogen (secondary N) is 1. The molecule has 0 unspecified atom stereocenters. The lowest BCUT2D eigenvalue weighted by molar-refractivity contribution is 0.0483. The van der Waals surface area contributed by atoms with Gasteiger partial charge in [0.05, 0.1) is 23.5 Å². The largest absolute Gasteiger partial charge is 0.488 e. The van der Waals surface area contributed by atoms with Crippen molar-refractivity contribution >= 4 is 27.5 Å². The van der Waals surface area contributed by atoms with Crippen LogP contribution in [0.1, 0.15) is 53.4 Å². The van der Waals surface area contributed by atoms with E-state index in [1.54, 1.807) is 6.20 Å². The monoisotopic (exact) mass is 593 g/mol. The van der Waals surface area contributed by atoms with Crippen LogP contribution in [0.2, 0.25) is 5.15 Å². The Morgan fingerprint density at radius 2 is 1.93 bits per heavy atom. The summed E-state index contributed by atoms with van der Waals surface area (Å²) in [6, 6.07) is 3.76. The molecule has 2 heterocycles. The Balaban J connectivity index is 1.42. The SMILES string of the molecule is CCS(=O)(=O)c1ccc(-n2cc(-c3ncnc(Cl)c3OCC3CCC(NC(=O)OC(C)(C)C)CC3)cn2)c(F)c1. The molecule has 1 aliphatic carbocycles. The number of rotatable bonds is 8. The number of hydrogen-bond acceptors (Lipinski definition) is 8. The molecule has 1 aliphatic rings. The van der Waals surface area contributed by atoms with Gasteiger partial charge in [-0.25, -0.2) is 32.3 Å². The number of nitrogens with zero attached hydrogens (tertiary/aromatic N) is 4. The zero-order valence-corrected chi connectivity index (χ0v) is 24.4. The van der Waals surface area contributed by atoms with Crippen LogP contribution in [0.3, 0.4) is 0 Å². The average Bonchev–Trinajstić information content (AvgIpc) is 3.37. The van der Waals surface area contributed by atoms with E-state index in [-0.39, 0.29) is 33.4 Å². The van der Waals surface area contributed by atoms with Gasteiger partial charge in [0.25, 0.3) is 0 Å². The van der Waals surface area contributed by atoms with Crippen molar-refractivity contribution < 1.29 is 27.1 Å². The first kappa shape index (κ1) is 29.7. The number of sulfone groups is 1. The zero-order valence-electron chi connectivity index (χ0n) is 22.9. The minimum Gasteiger partial charge on any atom is -0.488 e. The summed E-state index contributed by atoms with van der Waals surface area (Å²) in [7, 11) is -3.54. The molecule has 0 spiro atoms. The average molecular weight is 594 g/mol. The second-order valence-corrected chi connectivity index (χ2v) is 13.3. The summed E-state index contributed by atoms with van der Waals surface area (Å²) in [5, 5.41) is 7.30. The minimum atomic E-state index is -3.54. The molecule has 13 heteroatoms. The van der Waals surface area contributed by atoms with Crippen LogP contribution in [0.5, 0.6) is 5.75 Å². The third-order valence-electron chi connectivity index (χ3n) is 6.55. The molecule has 1 amide bonds. The highest BCUT2D eigenvalue weighted by Gasteiger charge is 2.26. The predicted octanol–water partition coefficient (Wildman–Crippen LogP) is 5.38. The maximum absolute atomic E-state index is 14.8. The van der Waals surface area contributed by atoms with E-state index in [1.165, 1.54) is 36.3 Å². The Labute approximate surface area is 238 Å². The zero-order chi connectivity index (χ0) is 29.1. The van der Waals surface area contributed by atoms with Gasteiger partial charge in [-0.15, -0.1) is 0 Å². The van der Waals surface area contributed by atoms with Crippen LogP contribution in [-0.2, 0) is 14.6 Å². The summed E-state index contributed by atoms with van der Waals surface area (Å²) in [6.07, 6.45) is 7.25. The fourth-order valence-electron chi connectivity index (χ4n) is 4.45. The second kappa shape index (κ2) is 12.1. The number of halogens is 2. The van der Waals surface area contributed by atoms with E-state index in [4.69, 9.17) is 21.1 Å². The maximum atomic E-state index is 14.8. The number of ether oxygens (including phenoxy) is 2. The first-order valence-corrected chi connectivity index (χ1v) is 15.1. The summed E-state index contributed by atoms with van der Waals surface area (Å²) >= 11 is 6.37. The normalized spacial score (nSPS) is 17.9. The van der Waals surface area contributed by atoms with Crippen molar-refractivity contribution in [2.75, 3.05) is 12.4 Å². The Bertz CT molecular complexity index is 1470. The van der Waals surface area contributed by atoms with Crippen molar-refractivity contribution in [3.63, 3.8) is 0 Å². The van der Waals surface area contributed by atoms with Gasteiger partial charge in [-0.05, 0) is 70.6 Å². The third-order valence-corrected chi connectivity index (χ3v) is 8.55. The lowest BCUT2D eigenvalue weighted by atomic mass is 9.86. The second-order valence-electron chi connectivity index (χ2n) is 10.7. The summed E-state index contributed by atoms with van der Waals surface area (Å²) in [6.45, 7) is 7.37. The van der Waals surface area contributed by atoms with Crippen molar-refractivity contribution in [3.05, 3.63) is 47.9 Å². The van der Waals surface area contributed by atoms with Gasteiger partial charge in [0.15, 0.2) is 20.7 Å². The van der Waals surface area contributed by atoms with E-state index >= 15 is 0 Å². The highest BCUT2D eigenvalue weighted by Crippen LogP contribution is 2.35. The Kier molecular flexibility index (Phi) is 8.99. The van der Waals surface area contributed by atoms with Gasteiger partial charge in [-0.2, -0.15) is 5.10 Å². The van der Waals surface area contributed by atoms with Gasteiger partial charge in [0.2, 0.25) is 0 Å². The van der Waals surface area contributed by atoms with Crippen LogP contribution in [0.15, 0.2) is 41.8 Å². The number of carbonyl (C=O) groups is 1. The number of amides is 1. The molecule has 10 nitrogen and oxygen atoms in total. The van der Waals surface area contributed by atoms with E-state index in [0.29, 0.717) is 23.6 Å². The van der Waals surface area contributed by atoms with Gasteiger partial charge in [-0.3, -0.25) is 0 Å². The van der Waals surface area contributed by atoms with Crippen molar-refractivity contribution in [3.8, 4) is 22.7 Å². The van der Waals surface area contributed by atoms with Crippen LogP contribution in [0.25, 0.3) is 16.9 Å². The standard InChI is InChI=1S/C27H33ClFN5O5S/c1-5-40(36,37)20-10-11-22(21(29)12-20)34-14-18(13-32-34)23-24(25(28)31-16-30-23)38-15-17-6-8-19(9-7-17)33-26(35)39-27(2,3)4/h10-14,16-17,19H,5-9,15H2,1-4H3,(H,33,35). The smallest absolute Gasteiger partial charge is 0.407 e. The van der Waals surface area contributed by atoms with Crippen molar-refractivity contribution in [1.82, 2.24) is 25.1 Å². The molecule has 0 radical (unpaired) electrons. The van der Waals surface area contributed by atoms with E-state index < -0.39 is 27.3 Å². The van der Waals surface area contributed by atoms with Crippen LogP contribution in [0.4, 0.5) is 9.18 Å². The third kappa shape index (κ3) is 7.28. The minimum absolute atomic E-state index is 0.0488. The molecule has 0 saturated heterocycles. The van der Waals surface area contributed by atoms with Crippen molar-refractivity contribution in [2.45, 2.75) is 69.9 Å². The Morgan fingerprint density at radius 1 is 1.20 bits per heavy atom. The molecule has 1 aromatic carbocycles. The van der Waals surface area contributed by atoms with E-state index in [1.807, 2.05) is 20.8 Å². The first-order chi connectivity index (χ1) is 18.9. The van der Waals surface area contributed by atoms with Gasteiger partial charge in [0.1, 0.15) is 29.1 Å². The number of hydrogen-bond donors (Lipinski definition) is 1. The summed E-state index contributed by atoms with van der Waals surface area (Å²) in [5.74, 6) is -0.310. The van der Waals surface area contributed by atoms with Crippen LogP contribution in [0, 0.1) is 11.7 Å². The number of aromatic nitrogens is 4. The van der Waals surface area contributed by atoms with Gasteiger partial charge >= 0.3 is 6.09 Å². The molecular formula is C27H33ClFN5O5S. The van der Waals surface area contributed by atoms with E-state index in [2.05, 4.69) is 20.4 Å². The molecular weight excluding hydrogens is 561 g/mol. The molecule has 0 atom stereocenters. The molecule has 4 rings (SSSR count). The fraction of sp³-hybridized carbons (Fsp3) is 0.481. The molecule has 40 heavy (non-hydrogen) atoms. The summed E-state index contributed by atoms with van der Waals surface area (Å²) in [4.78, 5) is 20.4.